The third kappa shape index (κ3) is 6.30. The standard InChI is InChI=1S/C17H28N4O2S/c1-20(2)12-4-3-11-18-19-17-9-7-16(8-10-17)15-24(22,23)21-13-5-6-14-21/h7-10H,3-6,11-15H2,1-2H3/i12D2. The largest absolute Gasteiger partial charge is 0.309 e. The molecular formula is C17H28N4O2S. The van der Waals surface area contributed by atoms with Gasteiger partial charge >= 0.3 is 0 Å². The second kappa shape index (κ2) is 9.25. The van der Waals surface area contributed by atoms with Crippen LogP contribution in [0.2, 0.25) is 0 Å². The summed E-state index contributed by atoms with van der Waals surface area (Å²) in [4.78, 5) is 1.55. The topological polar surface area (TPSA) is 65.3 Å². The summed E-state index contributed by atoms with van der Waals surface area (Å²) in [7, 11) is 0.199. The Morgan fingerprint density at radius 2 is 1.83 bits per heavy atom. The van der Waals surface area contributed by atoms with E-state index in [1.807, 2.05) is 0 Å². The zero-order valence-corrected chi connectivity index (χ0v) is 15.3. The molecule has 0 N–H and O–H groups in total. The number of hydrogen-bond acceptors (Lipinski definition) is 5. The molecule has 1 fully saturated rings. The predicted octanol–water partition coefficient (Wildman–Crippen LogP) is 3.04. The minimum Gasteiger partial charge on any atom is -0.309 e. The molecule has 0 atom stereocenters. The van der Waals surface area contributed by atoms with Gasteiger partial charge in [-0.15, -0.1) is 0 Å². The van der Waals surface area contributed by atoms with E-state index in [4.69, 9.17) is 2.74 Å². The van der Waals surface area contributed by atoms with E-state index in [-0.39, 0.29) is 5.75 Å². The lowest BCUT2D eigenvalue weighted by Crippen LogP contribution is -2.29. The third-order valence-electron chi connectivity index (χ3n) is 3.79. The van der Waals surface area contributed by atoms with Crippen molar-refractivity contribution in [1.29, 1.82) is 0 Å². The number of hydrogen-bond donors (Lipinski definition) is 0. The fraction of sp³-hybridized carbons (Fsp3) is 0.647. The zero-order chi connectivity index (χ0) is 19.2. The van der Waals surface area contributed by atoms with Crippen LogP contribution < -0.4 is 0 Å². The molecule has 1 aromatic carbocycles. The second-order valence-corrected chi connectivity index (χ2v) is 8.12. The predicted molar refractivity (Wildman–Crippen MR) is 97.0 cm³/mol. The first kappa shape index (κ1) is 16.2. The van der Waals surface area contributed by atoms with Gasteiger partial charge in [0.25, 0.3) is 0 Å². The van der Waals surface area contributed by atoms with Crippen LogP contribution in [0, 0.1) is 0 Å². The third-order valence-corrected chi connectivity index (χ3v) is 5.64. The summed E-state index contributed by atoms with van der Waals surface area (Å²) >= 11 is 0. The maximum Gasteiger partial charge on any atom is 0.218 e. The van der Waals surface area contributed by atoms with Crippen LogP contribution in [0.5, 0.6) is 0 Å². The van der Waals surface area contributed by atoms with Gasteiger partial charge in [-0.1, -0.05) is 12.1 Å². The highest BCUT2D eigenvalue weighted by Gasteiger charge is 2.25. The van der Waals surface area contributed by atoms with Gasteiger partial charge in [-0.25, -0.2) is 12.7 Å². The molecule has 0 saturated carbocycles. The van der Waals surface area contributed by atoms with E-state index < -0.39 is 16.5 Å². The highest BCUT2D eigenvalue weighted by Crippen LogP contribution is 2.19. The average Bonchev–Trinajstić information content (AvgIpc) is 3.11. The molecule has 0 amide bonds. The molecule has 0 radical (unpaired) electrons. The zero-order valence-electron chi connectivity index (χ0n) is 16.5. The van der Waals surface area contributed by atoms with Crippen molar-refractivity contribution in [3.05, 3.63) is 29.8 Å². The SMILES string of the molecule is [2H]C([2H])(CCCN=Nc1ccc(CS(=O)(=O)N2CCCC2)cc1)N(C)C. The Morgan fingerprint density at radius 1 is 1.17 bits per heavy atom. The van der Waals surface area contributed by atoms with Crippen molar-refractivity contribution in [2.24, 2.45) is 10.2 Å². The van der Waals surface area contributed by atoms with Crippen LogP contribution in [-0.4, -0.2) is 57.8 Å². The van der Waals surface area contributed by atoms with Crippen LogP contribution in [0.4, 0.5) is 5.69 Å². The molecule has 1 heterocycles. The minimum atomic E-state index is -3.23. The summed E-state index contributed by atoms with van der Waals surface area (Å²) in [6.45, 7) is 0.372. The summed E-state index contributed by atoms with van der Waals surface area (Å²) in [6, 6.07) is 7.06. The molecule has 0 aromatic heterocycles. The molecule has 24 heavy (non-hydrogen) atoms. The fourth-order valence-electron chi connectivity index (χ4n) is 2.51. The van der Waals surface area contributed by atoms with Crippen LogP contribution >= 0.6 is 0 Å². The van der Waals surface area contributed by atoms with E-state index in [9.17, 15) is 8.42 Å². The summed E-state index contributed by atoms with van der Waals surface area (Å²) in [6.07, 6.45) is 2.89. The fourth-order valence-corrected chi connectivity index (χ4v) is 4.12. The van der Waals surface area contributed by atoms with E-state index in [1.165, 1.54) is 0 Å². The maximum atomic E-state index is 12.3. The molecule has 2 rings (SSSR count). The number of azo groups is 1. The van der Waals surface area contributed by atoms with Crippen molar-refractivity contribution in [1.82, 2.24) is 9.21 Å². The van der Waals surface area contributed by atoms with Crippen molar-refractivity contribution < 1.29 is 11.2 Å². The molecule has 0 bridgehead atoms. The Morgan fingerprint density at radius 3 is 2.46 bits per heavy atom. The Labute approximate surface area is 148 Å². The number of rotatable bonds is 9. The molecule has 1 aliphatic rings. The van der Waals surface area contributed by atoms with E-state index in [0.717, 1.165) is 18.4 Å². The van der Waals surface area contributed by atoms with E-state index in [0.29, 0.717) is 38.2 Å². The molecule has 1 aliphatic heterocycles. The highest BCUT2D eigenvalue weighted by molar-refractivity contribution is 7.88. The molecule has 0 aliphatic carbocycles. The van der Waals surface area contributed by atoms with Gasteiger partial charge in [0, 0.05) is 15.8 Å². The van der Waals surface area contributed by atoms with E-state index in [2.05, 4.69) is 10.2 Å². The van der Waals surface area contributed by atoms with Gasteiger partial charge in [0.2, 0.25) is 10.0 Å². The van der Waals surface area contributed by atoms with Gasteiger partial charge < -0.3 is 4.90 Å². The van der Waals surface area contributed by atoms with Gasteiger partial charge in [0.05, 0.1) is 18.0 Å². The molecule has 134 valence electrons. The summed E-state index contributed by atoms with van der Waals surface area (Å²) in [5.74, 6) is 0.0179. The Hall–Kier alpha value is -1.31. The molecular weight excluding hydrogens is 324 g/mol. The van der Waals surface area contributed by atoms with Gasteiger partial charge in [0.1, 0.15) is 0 Å². The summed E-state index contributed by atoms with van der Waals surface area (Å²) in [5, 5.41) is 8.20. The Balaban J connectivity index is 1.82. The lowest BCUT2D eigenvalue weighted by molar-refractivity contribution is 0.395. The van der Waals surface area contributed by atoms with Crippen molar-refractivity contribution in [2.45, 2.75) is 31.4 Å². The lowest BCUT2D eigenvalue weighted by atomic mass is 10.2. The first-order valence-electron chi connectivity index (χ1n) is 9.32. The van der Waals surface area contributed by atoms with Crippen molar-refractivity contribution in [3.8, 4) is 0 Å². The normalized spacial score (nSPS) is 18.3. The highest BCUT2D eigenvalue weighted by atomic mass is 32.2. The average molecular weight is 355 g/mol. The van der Waals surface area contributed by atoms with Crippen LogP contribution in [0.15, 0.2) is 34.5 Å². The van der Waals surface area contributed by atoms with E-state index in [1.54, 1.807) is 47.6 Å². The van der Waals surface area contributed by atoms with Gasteiger partial charge in [-0.2, -0.15) is 10.2 Å². The van der Waals surface area contributed by atoms with Gasteiger partial charge in [0.15, 0.2) is 0 Å². The smallest absolute Gasteiger partial charge is 0.218 e. The Kier molecular flexibility index (Phi) is 6.23. The van der Waals surface area contributed by atoms with Crippen LogP contribution in [0.3, 0.4) is 0 Å². The first-order chi connectivity index (χ1) is 12.2. The van der Waals surface area contributed by atoms with Gasteiger partial charge in [-0.05, 0) is 64.0 Å². The van der Waals surface area contributed by atoms with Crippen molar-refractivity contribution >= 4 is 15.7 Å². The molecule has 6 nitrogen and oxygen atoms in total. The minimum absolute atomic E-state index is 0.0179. The van der Waals surface area contributed by atoms with E-state index >= 15 is 0 Å². The Bertz CT molecular complexity index is 700. The lowest BCUT2D eigenvalue weighted by Gasteiger charge is -2.15. The monoisotopic (exact) mass is 354 g/mol. The van der Waals surface area contributed by atoms with Crippen molar-refractivity contribution in [3.63, 3.8) is 0 Å². The van der Waals surface area contributed by atoms with Crippen LogP contribution in [-0.2, 0) is 15.8 Å². The molecule has 7 heteroatoms. The molecule has 1 aromatic rings. The summed E-state index contributed by atoms with van der Waals surface area (Å²) < 4.78 is 41.8. The number of benzene rings is 1. The van der Waals surface area contributed by atoms with Crippen LogP contribution in [0.1, 0.15) is 34.0 Å². The first-order valence-corrected chi connectivity index (χ1v) is 9.93. The van der Waals surface area contributed by atoms with Crippen molar-refractivity contribution in [2.75, 3.05) is 40.2 Å². The summed E-state index contributed by atoms with van der Waals surface area (Å²) in [5.41, 5.74) is 1.41. The number of nitrogens with zero attached hydrogens (tertiary/aromatic N) is 4. The quantitative estimate of drug-likeness (QED) is 0.506. The molecule has 1 saturated heterocycles. The number of sulfonamides is 1. The second-order valence-electron chi connectivity index (χ2n) is 6.15. The maximum absolute atomic E-state index is 12.3. The van der Waals surface area contributed by atoms with Gasteiger partial charge in [-0.3, -0.25) is 0 Å². The molecule has 0 unspecified atom stereocenters. The molecule has 0 spiro atoms. The van der Waals surface area contributed by atoms with Crippen LogP contribution in [0.25, 0.3) is 0 Å².